The third-order valence-corrected chi connectivity index (χ3v) is 3.76. The van der Waals surface area contributed by atoms with Crippen molar-refractivity contribution >= 4 is 22.5 Å². The Kier molecular flexibility index (Phi) is 4.35. The first-order valence-corrected chi connectivity index (χ1v) is 7.45. The molecule has 2 amide bonds. The molecule has 0 bridgehead atoms. The highest BCUT2D eigenvalue weighted by Crippen LogP contribution is 2.25. The fourth-order valence-electron chi connectivity index (χ4n) is 1.80. The average molecular weight is 311 g/mol. The lowest BCUT2D eigenvalue weighted by Crippen LogP contribution is -2.28. The van der Waals surface area contributed by atoms with E-state index >= 15 is 0 Å². The molecule has 0 unspecified atom stereocenters. The number of rotatable bonds is 4. The normalized spacial score (nSPS) is 10.2. The maximum Gasteiger partial charge on any atom is 0.321 e. The van der Waals surface area contributed by atoms with Crippen LogP contribution in [0, 0.1) is 0 Å². The Bertz CT molecular complexity index is 745. The molecule has 0 aliphatic rings. The number of aromatic nitrogens is 3. The SMILES string of the molecule is O=C(NCc1ccccc1)Nc1nnc(-c2ccncc2)s1. The van der Waals surface area contributed by atoms with E-state index in [-0.39, 0.29) is 6.03 Å². The highest BCUT2D eigenvalue weighted by atomic mass is 32.1. The summed E-state index contributed by atoms with van der Waals surface area (Å²) in [6.07, 6.45) is 3.38. The van der Waals surface area contributed by atoms with Crippen molar-refractivity contribution in [2.24, 2.45) is 0 Å². The number of carbonyl (C=O) groups excluding carboxylic acids is 1. The third-order valence-electron chi connectivity index (χ3n) is 2.87. The molecule has 2 aromatic heterocycles. The maximum absolute atomic E-state index is 11.8. The van der Waals surface area contributed by atoms with Crippen molar-refractivity contribution in [2.45, 2.75) is 6.54 Å². The van der Waals surface area contributed by atoms with Gasteiger partial charge in [0.1, 0.15) is 5.01 Å². The van der Waals surface area contributed by atoms with Crippen LogP contribution in [-0.4, -0.2) is 21.2 Å². The molecule has 0 saturated heterocycles. The van der Waals surface area contributed by atoms with Gasteiger partial charge in [0, 0.05) is 24.5 Å². The number of hydrogen-bond acceptors (Lipinski definition) is 5. The summed E-state index contributed by atoms with van der Waals surface area (Å²) < 4.78 is 0. The molecule has 0 radical (unpaired) electrons. The summed E-state index contributed by atoms with van der Waals surface area (Å²) >= 11 is 1.31. The number of pyridine rings is 1. The van der Waals surface area contributed by atoms with Crippen LogP contribution in [-0.2, 0) is 6.54 Å². The molecule has 6 nitrogen and oxygen atoms in total. The lowest BCUT2D eigenvalue weighted by Gasteiger charge is -2.04. The van der Waals surface area contributed by atoms with Crippen LogP contribution < -0.4 is 10.6 Å². The van der Waals surface area contributed by atoms with Crippen LogP contribution in [0.2, 0.25) is 0 Å². The molecule has 110 valence electrons. The van der Waals surface area contributed by atoms with Gasteiger partial charge in [0.2, 0.25) is 5.13 Å². The topological polar surface area (TPSA) is 79.8 Å². The molecule has 0 aliphatic heterocycles. The summed E-state index contributed by atoms with van der Waals surface area (Å²) in [4.78, 5) is 15.8. The molecule has 2 heterocycles. The number of carbonyl (C=O) groups is 1. The Labute approximate surface area is 131 Å². The van der Waals surface area contributed by atoms with Gasteiger partial charge in [-0.05, 0) is 17.7 Å². The second-order valence-electron chi connectivity index (χ2n) is 4.44. The van der Waals surface area contributed by atoms with Gasteiger partial charge in [0.15, 0.2) is 0 Å². The predicted octanol–water partition coefficient (Wildman–Crippen LogP) is 2.92. The molecule has 0 saturated carbocycles. The first-order chi connectivity index (χ1) is 10.8. The first kappa shape index (κ1) is 14.2. The Hall–Kier alpha value is -2.80. The van der Waals surface area contributed by atoms with Crippen molar-refractivity contribution in [3.05, 3.63) is 60.4 Å². The van der Waals surface area contributed by atoms with Gasteiger partial charge in [-0.25, -0.2) is 4.79 Å². The van der Waals surface area contributed by atoms with E-state index < -0.39 is 0 Å². The predicted molar refractivity (Wildman–Crippen MR) is 85.4 cm³/mol. The number of hydrogen-bond donors (Lipinski definition) is 2. The lowest BCUT2D eigenvalue weighted by atomic mass is 10.2. The number of amides is 2. The van der Waals surface area contributed by atoms with Gasteiger partial charge in [-0.15, -0.1) is 10.2 Å². The van der Waals surface area contributed by atoms with E-state index in [2.05, 4.69) is 25.8 Å². The Morgan fingerprint density at radius 3 is 2.59 bits per heavy atom. The summed E-state index contributed by atoms with van der Waals surface area (Å²) in [6.45, 7) is 0.461. The van der Waals surface area contributed by atoms with E-state index in [4.69, 9.17) is 0 Å². The molecule has 2 N–H and O–H groups in total. The lowest BCUT2D eigenvalue weighted by molar-refractivity contribution is 0.251. The zero-order valence-electron chi connectivity index (χ0n) is 11.6. The molecule has 1 aromatic carbocycles. The zero-order valence-corrected chi connectivity index (χ0v) is 12.4. The Morgan fingerprint density at radius 1 is 1.05 bits per heavy atom. The van der Waals surface area contributed by atoms with Gasteiger partial charge >= 0.3 is 6.03 Å². The summed E-state index contributed by atoms with van der Waals surface area (Å²) in [7, 11) is 0. The van der Waals surface area contributed by atoms with E-state index in [9.17, 15) is 4.79 Å². The number of nitrogens with one attached hydrogen (secondary N) is 2. The first-order valence-electron chi connectivity index (χ1n) is 6.64. The van der Waals surface area contributed by atoms with Crippen molar-refractivity contribution in [1.82, 2.24) is 20.5 Å². The molecule has 0 spiro atoms. The molecule has 0 fully saturated rings. The minimum Gasteiger partial charge on any atom is -0.334 e. The van der Waals surface area contributed by atoms with Gasteiger partial charge in [0.25, 0.3) is 0 Å². The van der Waals surface area contributed by atoms with Crippen molar-refractivity contribution in [3.8, 4) is 10.6 Å². The molecule has 3 rings (SSSR count). The van der Waals surface area contributed by atoms with Gasteiger partial charge in [-0.1, -0.05) is 41.7 Å². The molecule has 22 heavy (non-hydrogen) atoms. The number of urea groups is 1. The largest absolute Gasteiger partial charge is 0.334 e. The van der Waals surface area contributed by atoms with E-state index in [1.54, 1.807) is 12.4 Å². The fraction of sp³-hybridized carbons (Fsp3) is 0.0667. The van der Waals surface area contributed by atoms with Crippen LogP contribution in [0.5, 0.6) is 0 Å². The van der Waals surface area contributed by atoms with Crippen LogP contribution in [0.15, 0.2) is 54.9 Å². The van der Waals surface area contributed by atoms with E-state index in [0.29, 0.717) is 11.7 Å². The third kappa shape index (κ3) is 3.64. The molecule has 0 atom stereocenters. The molecule has 0 aliphatic carbocycles. The minimum absolute atomic E-state index is 0.304. The van der Waals surface area contributed by atoms with Crippen molar-refractivity contribution < 1.29 is 4.79 Å². The smallest absolute Gasteiger partial charge is 0.321 e. The minimum atomic E-state index is -0.304. The van der Waals surface area contributed by atoms with Crippen LogP contribution in [0.25, 0.3) is 10.6 Å². The quantitative estimate of drug-likeness (QED) is 0.776. The van der Waals surface area contributed by atoms with Gasteiger partial charge in [-0.2, -0.15) is 0 Å². The second kappa shape index (κ2) is 6.77. The highest BCUT2D eigenvalue weighted by Gasteiger charge is 2.09. The summed E-state index contributed by atoms with van der Waals surface area (Å²) in [6, 6.07) is 13.1. The van der Waals surface area contributed by atoms with Gasteiger partial charge in [0.05, 0.1) is 0 Å². The number of anilines is 1. The summed E-state index contributed by atoms with van der Waals surface area (Å²) in [5, 5.41) is 14.7. The van der Waals surface area contributed by atoms with E-state index in [1.165, 1.54) is 11.3 Å². The van der Waals surface area contributed by atoms with E-state index in [1.807, 2.05) is 42.5 Å². The van der Waals surface area contributed by atoms with Crippen LogP contribution >= 0.6 is 11.3 Å². The van der Waals surface area contributed by atoms with Crippen LogP contribution in [0.4, 0.5) is 9.93 Å². The van der Waals surface area contributed by atoms with E-state index in [0.717, 1.165) is 16.1 Å². The molecular weight excluding hydrogens is 298 g/mol. The second-order valence-corrected chi connectivity index (χ2v) is 5.42. The number of benzene rings is 1. The fourth-order valence-corrected chi connectivity index (χ4v) is 2.55. The molecule has 3 aromatic rings. The average Bonchev–Trinajstić information content (AvgIpc) is 3.03. The Morgan fingerprint density at radius 2 is 1.82 bits per heavy atom. The van der Waals surface area contributed by atoms with Crippen molar-refractivity contribution in [2.75, 3.05) is 5.32 Å². The van der Waals surface area contributed by atoms with Gasteiger partial charge in [-0.3, -0.25) is 10.3 Å². The van der Waals surface area contributed by atoms with Crippen LogP contribution in [0.3, 0.4) is 0 Å². The summed E-state index contributed by atoms with van der Waals surface area (Å²) in [5.41, 5.74) is 1.96. The highest BCUT2D eigenvalue weighted by molar-refractivity contribution is 7.18. The Balaban J connectivity index is 1.57. The van der Waals surface area contributed by atoms with Crippen molar-refractivity contribution in [1.29, 1.82) is 0 Å². The molecular formula is C15H13N5OS. The van der Waals surface area contributed by atoms with Crippen LogP contribution in [0.1, 0.15) is 5.56 Å². The molecule has 7 heteroatoms. The standard InChI is InChI=1S/C15H13N5OS/c21-14(17-10-11-4-2-1-3-5-11)18-15-20-19-13(22-15)12-6-8-16-9-7-12/h1-9H,10H2,(H2,17,18,20,21). The van der Waals surface area contributed by atoms with Crippen molar-refractivity contribution in [3.63, 3.8) is 0 Å². The zero-order chi connectivity index (χ0) is 15.2. The monoisotopic (exact) mass is 311 g/mol. The number of nitrogens with zero attached hydrogens (tertiary/aromatic N) is 3. The summed E-state index contributed by atoms with van der Waals surface area (Å²) in [5.74, 6) is 0. The maximum atomic E-state index is 11.8. The van der Waals surface area contributed by atoms with Gasteiger partial charge < -0.3 is 5.32 Å².